The minimum atomic E-state index is 0.176. The number of ether oxygens (including phenoxy) is 1. The van der Waals surface area contributed by atoms with E-state index in [0.717, 1.165) is 55.5 Å². The number of anilines is 1. The van der Waals surface area contributed by atoms with Crippen LogP contribution in [0.25, 0.3) is 0 Å². The third kappa shape index (κ3) is 2.81. The standard InChI is InChI=1S/C18H27ClN2O/c1-17(2,3)12-21-9-7-18(8-10-21)11-20-16-14(22-4)6-5-13(19)15(16)18/h5-6,20H,7-12H2,1-4H3. The van der Waals surface area contributed by atoms with E-state index < -0.39 is 0 Å². The minimum Gasteiger partial charge on any atom is -0.495 e. The van der Waals surface area contributed by atoms with Crippen molar-refractivity contribution in [1.82, 2.24) is 4.90 Å². The van der Waals surface area contributed by atoms with E-state index >= 15 is 0 Å². The van der Waals surface area contributed by atoms with Gasteiger partial charge in [-0.2, -0.15) is 0 Å². The summed E-state index contributed by atoms with van der Waals surface area (Å²) in [6.07, 6.45) is 2.33. The summed E-state index contributed by atoms with van der Waals surface area (Å²) < 4.78 is 5.50. The van der Waals surface area contributed by atoms with Gasteiger partial charge in [-0.3, -0.25) is 0 Å². The highest BCUT2D eigenvalue weighted by Gasteiger charge is 2.44. The Hall–Kier alpha value is -0.930. The number of fused-ring (bicyclic) bond motifs is 2. The molecule has 0 aromatic heterocycles. The maximum atomic E-state index is 6.56. The Kier molecular flexibility index (Phi) is 4.07. The summed E-state index contributed by atoms with van der Waals surface area (Å²) in [5, 5.41) is 4.44. The molecule has 22 heavy (non-hydrogen) atoms. The van der Waals surface area contributed by atoms with Crippen LogP contribution < -0.4 is 10.1 Å². The van der Waals surface area contributed by atoms with Crippen LogP contribution in [-0.2, 0) is 5.41 Å². The van der Waals surface area contributed by atoms with Crippen LogP contribution in [0.3, 0.4) is 0 Å². The molecular weight excluding hydrogens is 296 g/mol. The summed E-state index contributed by atoms with van der Waals surface area (Å²) >= 11 is 6.56. The summed E-state index contributed by atoms with van der Waals surface area (Å²) in [7, 11) is 1.72. The molecule has 0 bridgehead atoms. The second kappa shape index (κ2) is 5.61. The zero-order valence-electron chi connectivity index (χ0n) is 14.1. The first kappa shape index (κ1) is 15.9. The van der Waals surface area contributed by atoms with Gasteiger partial charge in [-0.15, -0.1) is 0 Å². The van der Waals surface area contributed by atoms with Crippen LogP contribution in [0.4, 0.5) is 5.69 Å². The Morgan fingerprint density at radius 3 is 2.55 bits per heavy atom. The Bertz CT molecular complexity index is 557. The van der Waals surface area contributed by atoms with Crippen molar-refractivity contribution < 1.29 is 4.74 Å². The molecule has 1 saturated heterocycles. The fraction of sp³-hybridized carbons (Fsp3) is 0.667. The normalized spacial score (nSPS) is 20.8. The molecule has 4 heteroatoms. The third-order valence-corrected chi connectivity index (χ3v) is 5.30. The van der Waals surface area contributed by atoms with E-state index in [1.807, 2.05) is 12.1 Å². The van der Waals surface area contributed by atoms with Gasteiger partial charge in [0.15, 0.2) is 0 Å². The SMILES string of the molecule is COc1ccc(Cl)c2c1NCC21CCN(CC(C)(C)C)CC1. The lowest BCUT2D eigenvalue weighted by Gasteiger charge is -2.41. The van der Waals surface area contributed by atoms with Gasteiger partial charge >= 0.3 is 0 Å². The molecule has 2 aliphatic heterocycles. The fourth-order valence-electron chi connectivity index (χ4n) is 4.00. The van der Waals surface area contributed by atoms with Gasteiger partial charge < -0.3 is 15.0 Å². The number of nitrogens with zero attached hydrogens (tertiary/aromatic N) is 1. The summed E-state index contributed by atoms with van der Waals surface area (Å²) in [6.45, 7) is 11.4. The number of likely N-dealkylation sites (tertiary alicyclic amines) is 1. The molecule has 0 saturated carbocycles. The van der Waals surface area contributed by atoms with Gasteiger partial charge in [-0.05, 0) is 43.5 Å². The second-order valence-corrected chi connectivity index (χ2v) is 8.38. The molecule has 2 aliphatic rings. The van der Waals surface area contributed by atoms with Gasteiger partial charge in [-0.25, -0.2) is 0 Å². The van der Waals surface area contributed by atoms with Crippen LogP contribution in [0, 0.1) is 5.41 Å². The lowest BCUT2D eigenvalue weighted by molar-refractivity contribution is 0.126. The molecule has 1 aromatic carbocycles. The average molecular weight is 323 g/mol. The molecule has 3 nitrogen and oxygen atoms in total. The molecule has 0 atom stereocenters. The van der Waals surface area contributed by atoms with E-state index in [1.165, 1.54) is 5.56 Å². The molecule has 2 heterocycles. The van der Waals surface area contributed by atoms with Crippen molar-refractivity contribution in [2.75, 3.05) is 38.6 Å². The van der Waals surface area contributed by atoms with Crippen LogP contribution in [0.2, 0.25) is 5.02 Å². The van der Waals surface area contributed by atoms with Crippen molar-refractivity contribution in [3.8, 4) is 5.75 Å². The van der Waals surface area contributed by atoms with Crippen molar-refractivity contribution in [3.05, 3.63) is 22.7 Å². The monoisotopic (exact) mass is 322 g/mol. The Morgan fingerprint density at radius 1 is 1.27 bits per heavy atom. The number of piperidine rings is 1. The van der Waals surface area contributed by atoms with Gasteiger partial charge in [0.25, 0.3) is 0 Å². The zero-order valence-corrected chi connectivity index (χ0v) is 14.9. The Balaban J connectivity index is 1.82. The van der Waals surface area contributed by atoms with Crippen LogP contribution in [0.15, 0.2) is 12.1 Å². The van der Waals surface area contributed by atoms with Gasteiger partial charge in [0.2, 0.25) is 0 Å². The van der Waals surface area contributed by atoms with Crippen LogP contribution >= 0.6 is 11.6 Å². The molecule has 3 rings (SSSR count). The lowest BCUT2D eigenvalue weighted by atomic mass is 9.74. The number of halogens is 1. The predicted molar refractivity (Wildman–Crippen MR) is 93.3 cm³/mol. The maximum absolute atomic E-state index is 6.56. The minimum absolute atomic E-state index is 0.176. The van der Waals surface area contributed by atoms with Crippen molar-refractivity contribution in [2.45, 2.75) is 39.0 Å². The maximum Gasteiger partial charge on any atom is 0.142 e. The van der Waals surface area contributed by atoms with Crippen LogP contribution in [0.5, 0.6) is 5.75 Å². The van der Waals surface area contributed by atoms with Crippen LogP contribution in [0.1, 0.15) is 39.2 Å². The molecule has 1 aromatic rings. The molecule has 1 N–H and O–H groups in total. The topological polar surface area (TPSA) is 24.5 Å². The van der Waals surface area contributed by atoms with E-state index in [9.17, 15) is 0 Å². The highest BCUT2D eigenvalue weighted by atomic mass is 35.5. The summed E-state index contributed by atoms with van der Waals surface area (Å²) in [5.74, 6) is 0.911. The van der Waals surface area contributed by atoms with E-state index in [-0.39, 0.29) is 5.41 Å². The number of hydrogen-bond donors (Lipinski definition) is 1. The van der Waals surface area contributed by atoms with Crippen molar-refractivity contribution in [1.29, 1.82) is 0 Å². The first-order valence-electron chi connectivity index (χ1n) is 8.18. The van der Waals surface area contributed by atoms with Gasteiger partial charge in [-0.1, -0.05) is 32.4 Å². The molecule has 1 spiro atoms. The smallest absolute Gasteiger partial charge is 0.142 e. The van der Waals surface area contributed by atoms with Crippen molar-refractivity contribution in [3.63, 3.8) is 0 Å². The largest absolute Gasteiger partial charge is 0.495 e. The second-order valence-electron chi connectivity index (χ2n) is 7.97. The van der Waals surface area contributed by atoms with Gasteiger partial charge in [0.05, 0.1) is 12.8 Å². The third-order valence-electron chi connectivity index (χ3n) is 4.98. The summed E-state index contributed by atoms with van der Waals surface area (Å²) in [6, 6.07) is 3.94. The number of benzene rings is 1. The number of rotatable bonds is 2. The summed E-state index contributed by atoms with van der Waals surface area (Å²) in [5.41, 5.74) is 2.93. The highest BCUT2D eigenvalue weighted by Crippen LogP contribution is 2.50. The van der Waals surface area contributed by atoms with E-state index in [1.54, 1.807) is 7.11 Å². The molecule has 0 aliphatic carbocycles. The fourth-order valence-corrected chi connectivity index (χ4v) is 4.36. The number of hydrogen-bond acceptors (Lipinski definition) is 3. The lowest BCUT2D eigenvalue weighted by Crippen LogP contribution is -2.46. The number of methoxy groups -OCH3 is 1. The molecule has 0 radical (unpaired) electrons. The molecular formula is C18H27ClN2O. The Morgan fingerprint density at radius 2 is 1.95 bits per heavy atom. The summed E-state index contributed by atoms with van der Waals surface area (Å²) in [4.78, 5) is 2.59. The zero-order chi connectivity index (χ0) is 16.0. The Labute approximate surface area is 139 Å². The average Bonchev–Trinajstić information content (AvgIpc) is 2.81. The quantitative estimate of drug-likeness (QED) is 0.885. The van der Waals surface area contributed by atoms with E-state index in [2.05, 4.69) is 31.0 Å². The van der Waals surface area contributed by atoms with Crippen LogP contribution in [-0.4, -0.2) is 38.2 Å². The first-order valence-corrected chi connectivity index (χ1v) is 8.56. The number of nitrogens with one attached hydrogen (secondary N) is 1. The predicted octanol–water partition coefficient (Wildman–Crippen LogP) is 4.15. The van der Waals surface area contributed by atoms with Gasteiger partial charge in [0.1, 0.15) is 5.75 Å². The molecule has 0 amide bonds. The van der Waals surface area contributed by atoms with E-state index in [0.29, 0.717) is 5.41 Å². The molecule has 0 unspecified atom stereocenters. The molecule has 122 valence electrons. The van der Waals surface area contributed by atoms with Crippen molar-refractivity contribution >= 4 is 17.3 Å². The molecule has 1 fully saturated rings. The van der Waals surface area contributed by atoms with E-state index in [4.69, 9.17) is 16.3 Å². The van der Waals surface area contributed by atoms with Crippen molar-refractivity contribution in [2.24, 2.45) is 5.41 Å². The first-order chi connectivity index (χ1) is 10.3. The highest BCUT2D eigenvalue weighted by molar-refractivity contribution is 6.32. The van der Waals surface area contributed by atoms with Gasteiger partial charge in [0, 0.05) is 29.1 Å².